The molecule has 0 radical (unpaired) electrons. The van der Waals surface area contributed by atoms with Gasteiger partial charge in [0.2, 0.25) is 0 Å². The quantitative estimate of drug-likeness (QED) is 0.560. The normalized spacial score (nSPS) is 22.1. The van der Waals surface area contributed by atoms with Gasteiger partial charge in [-0.3, -0.25) is 0 Å². The Morgan fingerprint density at radius 3 is 2.58 bits per heavy atom. The molecule has 0 amide bonds. The van der Waals surface area contributed by atoms with Gasteiger partial charge in [-0.05, 0) is 12.5 Å². The fraction of sp³-hybridized carbons (Fsp3) is 0.444. The Hall–Kier alpha value is -2.51. The molecule has 166 valence electrons. The Kier molecular flexibility index (Phi) is 4.79. The minimum Gasteiger partial charge on any atom is -0.422 e. The molecule has 0 saturated carbocycles. The fourth-order valence-electron chi connectivity index (χ4n) is 3.97. The van der Waals surface area contributed by atoms with Gasteiger partial charge in [0.05, 0.1) is 5.56 Å². The largest absolute Gasteiger partial charge is 0.573 e. The monoisotopic (exact) mass is 462 g/mol. The van der Waals surface area contributed by atoms with Crippen molar-refractivity contribution in [3.05, 3.63) is 23.2 Å². The molecule has 13 heteroatoms. The predicted molar refractivity (Wildman–Crippen MR) is 100 cm³/mol. The number of aromatic nitrogens is 2. The number of piperidine rings is 1. The molecule has 5 heterocycles. The summed E-state index contributed by atoms with van der Waals surface area (Å²) in [5, 5.41) is 15.2. The van der Waals surface area contributed by atoms with Gasteiger partial charge in [0.25, 0.3) is 12.4 Å². The van der Waals surface area contributed by atoms with E-state index in [4.69, 9.17) is 4.42 Å². The second kappa shape index (κ2) is 7.28. The number of rotatable bonds is 5. The highest BCUT2D eigenvalue weighted by Gasteiger charge is 2.40. The number of piperazine rings is 1. The van der Waals surface area contributed by atoms with E-state index in [1.54, 1.807) is 10.3 Å². The molecular weight excluding hydrogens is 447 g/mol. The third-order valence-corrected chi connectivity index (χ3v) is 6.07. The maximum absolute atomic E-state index is 13.3. The van der Waals surface area contributed by atoms with Gasteiger partial charge in [-0.25, -0.2) is 13.8 Å². The summed E-state index contributed by atoms with van der Waals surface area (Å²) in [7, 11) is 0. The topological polar surface area (TPSA) is 83.7 Å². The lowest BCUT2D eigenvalue weighted by atomic mass is 9.92. The maximum Gasteiger partial charge on any atom is 0.573 e. The highest BCUT2D eigenvalue weighted by Crippen LogP contribution is 2.45. The van der Waals surface area contributed by atoms with Crippen molar-refractivity contribution in [2.24, 2.45) is 0 Å². The lowest BCUT2D eigenvalue weighted by Gasteiger charge is -2.47. The summed E-state index contributed by atoms with van der Waals surface area (Å²) in [6.07, 6.45) is -8.62. The van der Waals surface area contributed by atoms with E-state index in [1.807, 2.05) is 0 Å². The van der Waals surface area contributed by atoms with E-state index in [0.717, 1.165) is 23.8 Å². The third kappa shape index (κ3) is 3.70. The van der Waals surface area contributed by atoms with Crippen LogP contribution in [-0.2, 0) is 0 Å². The summed E-state index contributed by atoms with van der Waals surface area (Å²) >= 11 is 1.14. The summed E-state index contributed by atoms with van der Waals surface area (Å²) < 4.78 is 75.8. The Bertz CT molecular complexity index is 1090. The highest BCUT2D eigenvalue weighted by molar-refractivity contribution is 7.13. The SMILES string of the molecule is O[C@H](c1cc(-c2nccs2)c2oc(N3CC4CC(C3)N4)nc2c1OC(F)(F)F)C(F)F. The molecule has 2 bridgehead atoms. The van der Waals surface area contributed by atoms with Crippen molar-refractivity contribution >= 4 is 28.5 Å². The van der Waals surface area contributed by atoms with Crippen LogP contribution in [0.25, 0.3) is 21.7 Å². The number of nitrogens with one attached hydrogen (secondary N) is 1. The molecule has 0 spiro atoms. The first-order valence-corrected chi connectivity index (χ1v) is 10.2. The van der Waals surface area contributed by atoms with Crippen LogP contribution in [0.3, 0.4) is 0 Å². The Labute approximate surface area is 175 Å². The smallest absolute Gasteiger partial charge is 0.422 e. The second-order valence-electron chi connectivity index (χ2n) is 7.38. The third-order valence-electron chi connectivity index (χ3n) is 5.27. The van der Waals surface area contributed by atoms with Gasteiger partial charge in [-0.1, -0.05) is 0 Å². The van der Waals surface area contributed by atoms with Gasteiger partial charge in [-0.2, -0.15) is 4.98 Å². The minimum atomic E-state index is -5.19. The van der Waals surface area contributed by atoms with E-state index in [9.17, 15) is 27.1 Å². The Morgan fingerprint density at radius 1 is 1.29 bits per heavy atom. The van der Waals surface area contributed by atoms with Gasteiger partial charge in [0, 0.05) is 42.3 Å². The summed E-state index contributed by atoms with van der Waals surface area (Å²) in [5.41, 5.74) is -1.08. The van der Waals surface area contributed by atoms with Crippen molar-refractivity contribution in [2.45, 2.75) is 37.4 Å². The number of hydrogen-bond acceptors (Lipinski definition) is 8. The summed E-state index contributed by atoms with van der Waals surface area (Å²) in [6, 6.07) is 1.48. The van der Waals surface area contributed by atoms with Crippen LogP contribution in [0, 0.1) is 0 Å². The van der Waals surface area contributed by atoms with E-state index < -0.39 is 35.7 Å². The molecule has 2 aromatic heterocycles. The zero-order valence-electron chi connectivity index (χ0n) is 15.6. The molecule has 31 heavy (non-hydrogen) atoms. The number of aliphatic hydroxyl groups is 1. The van der Waals surface area contributed by atoms with E-state index in [-0.39, 0.29) is 29.2 Å². The number of aliphatic hydroxyl groups excluding tert-OH is 1. The lowest BCUT2D eigenvalue weighted by molar-refractivity contribution is -0.274. The zero-order valence-corrected chi connectivity index (χ0v) is 16.4. The van der Waals surface area contributed by atoms with E-state index in [1.165, 1.54) is 6.20 Å². The first kappa shape index (κ1) is 20.4. The molecule has 3 aromatic rings. The number of halogens is 5. The molecule has 6 rings (SSSR count). The van der Waals surface area contributed by atoms with Crippen LogP contribution in [0.2, 0.25) is 0 Å². The molecule has 3 fully saturated rings. The van der Waals surface area contributed by atoms with Crippen molar-refractivity contribution in [2.75, 3.05) is 18.0 Å². The summed E-state index contributed by atoms with van der Waals surface area (Å²) in [6.45, 7) is 1.08. The Balaban J connectivity index is 1.72. The molecule has 3 atom stereocenters. The summed E-state index contributed by atoms with van der Waals surface area (Å²) in [4.78, 5) is 10.1. The van der Waals surface area contributed by atoms with Crippen molar-refractivity contribution in [1.82, 2.24) is 15.3 Å². The van der Waals surface area contributed by atoms with Crippen LogP contribution in [-0.4, -0.2) is 53.0 Å². The molecule has 1 aromatic carbocycles. The number of benzene rings is 1. The fourth-order valence-corrected chi connectivity index (χ4v) is 4.62. The molecule has 2 unspecified atom stereocenters. The van der Waals surface area contributed by atoms with Gasteiger partial charge < -0.3 is 24.5 Å². The summed E-state index contributed by atoms with van der Waals surface area (Å²) in [5.74, 6) is -1.01. The van der Waals surface area contributed by atoms with Gasteiger partial charge >= 0.3 is 6.36 Å². The lowest BCUT2D eigenvalue weighted by Crippen LogP contribution is -2.67. The number of oxazole rings is 1. The van der Waals surface area contributed by atoms with Crippen LogP contribution < -0.4 is 15.0 Å². The maximum atomic E-state index is 13.3. The van der Waals surface area contributed by atoms with Crippen molar-refractivity contribution in [1.29, 1.82) is 0 Å². The van der Waals surface area contributed by atoms with Crippen LogP contribution in [0.5, 0.6) is 5.75 Å². The van der Waals surface area contributed by atoms with Crippen LogP contribution >= 0.6 is 11.3 Å². The first-order chi connectivity index (χ1) is 14.7. The van der Waals surface area contributed by atoms with E-state index in [0.29, 0.717) is 18.1 Å². The standard InChI is InChI=1S/C18H15F5N4O3S/c19-15(20)12(28)9-4-10(16-24-1-2-31-16)13-11(14(9)30-18(21,22)23)26-17(29-13)27-5-7-3-8(6-27)25-7/h1-2,4,7-8,12,15,25,28H,3,5-6H2/t7?,8?,12-/m1/s1. The zero-order chi connectivity index (χ0) is 21.9. The average molecular weight is 462 g/mol. The number of fused-ring (bicyclic) bond motifs is 3. The molecule has 3 aliphatic rings. The minimum absolute atomic E-state index is 0.0553. The van der Waals surface area contributed by atoms with Crippen molar-refractivity contribution in [3.8, 4) is 16.3 Å². The molecule has 3 saturated heterocycles. The van der Waals surface area contributed by atoms with E-state index >= 15 is 0 Å². The highest BCUT2D eigenvalue weighted by atomic mass is 32.1. The molecule has 3 aliphatic heterocycles. The van der Waals surface area contributed by atoms with Gasteiger partial charge in [0.15, 0.2) is 16.8 Å². The number of hydrogen-bond donors (Lipinski definition) is 2. The number of thiazole rings is 1. The Morgan fingerprint density at radius 2 is 2.00 bits per heavy atom. The number of ether oxygens (including phenoxy) is 1. The van der Waals surface area contributed by atoms with Crippen LogP contribution in [0.1, 0.15) is 18.1 Å². The van der Waals surface area contributed by atoms with Crippen LogP contribution in [0.4, 0.5) is 28.0 Å². The molecule has 7 nitrogen and oxygen atoms in total. The van der Waals surface area contributed by atoms with Crippen molar-refractivity contribution in [3.63, 3.8) is 0 Å². The molecular formula is C18H15F5N4O3S. The first-order valence-electron chi connectivity index (χ1n) is 9.30. The number of nitrogens with zero attached hydrogens (tertiary/aromatic N) is 3. The van der Waals surface area contributed by atoms with Crippen LogP contribution in [0.15, 0.2) is 22.1 Å². The van der Waals surface area contributed by atoms with Gasteiger partial charge in [0.1, 0.15) is 11.1 Å². The predicted octanol–water partition coefficient (Wildman–Crippen LogP) is 3.70. The average Bonchev–Trinajstić information content (AvgIpc) is 3.36. The number of alkyl halides is 5. The second-order valence-corrected chi connectivity index (χ2v) is 8.28. The number of anilines is 1. The molecule has 0 aliphatic carbocycles. The molecule has 2 N–H and O–H groups in total. The van der Waals surface area contributed by atoms with E-state index in [2.05, 4.69) is 20.0 Å². The van der Waals surface area contributed by atoms with Crippen molar-refractivity contribution < 1.29 is 36.2 Å². The van der Waals surface area contributed by atoms with Gasteiger partial charge in [-0.15, -0.1) is 24.5 Å².